The minimum atomic E-state index is 0.887. The highest BCUT2D eigenvalue weighted by Gasteiger charge is 2.20. The van der Waals surface area contributed by atoms with Crippen LogP contribution >= 0.6 is 0 Å². The zero-order valence-corrected chi connectivity index (χ0v) is 29.9. The third kappa shape index (κ3) is 5.94. The van der Waals surface area contributed by atoms with E-state index in [0.29, 0.717) is 0 Å². The number of nitrogens with zero attached hydrogens (tertiary/aromatic N) is 5. The van der Waals surface area contributed by atoms with Gasteiger partial charge in [-0.15, -0.1) is 0 Å². The lowest BCUT2D eigenvalue weighted by molar-refractivity contribution is 1.18. The monoisotopic (exact) mass is 705 g/mol. The third-order valence-corrected chi connectivity index (χ3v) is 10.2. The van der Waals surface area contributed by atoms with Gasteiger partial charge in [0.1, 0.15) is 0 Å². The fourth-order valence-corrected chi connectivity index (χ4v) is 7.66. The van der Waals surface area contributed by atoms with E-state index in [4.69, 9.17) is 4.98 Å². The molecule has 0 atom stereocenters. The van der Waals surface area contributed by atoms with Gasteiger partial charge in [0.25, 0.3) is 0 Å². The Morgan fingerprint density at radius 2 is 0.836 bits per heavy atom. The van der Waals surface area contributed by atoms with Crippen molar-refractivity contribution >= 4 is 67.0 Å². The number of benzene rings is 7. The van der Waals surface area contributed by atoms with Crippen LogP contribution in [0.25, 0.3) is 49.8 Å². The number of rotatable bonds is 8. The van der Waals surface area contributed by atoms with Crippen LogP contribution in [0.4, 0.5) is 34.1 Å². The Balaban J connectivity index is 1.17. The first-order valence-corrected chi connectivity index (χ1v) is 18.5. The molecule has 5 heteroatoms. The van der Waals surface area contributed by atoms with Crippen LogP contribution in [0.15, 0.2) is 212 Å². The second-order valence-corrected chi connectivity index (χ2v) is 13.5. The number of fused-ring (bicyclic) bond motifs is 4. The molecule has 0 bridgehead atoms. The second-order valence-electron chi connectivity index (χ2n) is 13.5. The summed E-state index contributed by atoms with van der Waals surface area (Å²) in [6, 6.07) is 72.8. The molecule has 10 rings (SSSR count). The van der Waals surface area contributed by atoms with Gasteiger partial charge in [0.2, 0.25) is 0 Å². The maximum absolute atomic E-state index is 4.91. The molecule has 0 aliphatic heterocycles. The molecule has 0 spiro atoms. The molecular weight excluding hydrogens is 671 g/mol. The largest absolute Gasteiger partial charge is 0.310 e. The van der Waals surface area contributed by atoms with Gasteiger partial charge >= 0.3 is 0 Å². The fraction of sp³-hybridized carbons (Fsp3) is 0. The van der Waals surface area contributed by atoms with Gasteiger partial charge in [-0.3, -0.25) is 4.98 Å². The minimum Gasteiger partial charge on any atom is -0.310 e. The van der Waals surface area contributed by atoms with Crippen molar-refractivity contribution in [3.8, 4) is 16.9 Å². The molecule has 3 aromatic heterocycles. The molecule has 0 saturated carbocycles. The molecule has 7 aromatic carbocycles. The van der Waals surface area contributed by atoms with Gasteiger partial charge < -0.3 is 14.4 Å². The predicted molar refractivity (Wildman–Crippen MR) is 229 cm³/mol. The summed E-state index contributed by atoms with van der Waals surface area (Å²) in [5, 5.41) is 2.33. The van der Waals surface area contributed by atoms with Gasteiger partial charge in [-0.05, 0) is 121 Å². The maximum atomic E-state index is 4.91. The highest BCUT2D eigenvalue weighted by Crippen LogP contribution is 2.42. The highest BCUT2D eigenvalue weighted by molar-refractivity contribution is 6.12. The predicted octanol–water partition coefficient (Wildman–Crippen LogP) is 13.3. The van der Waals surface area contributed by atoms with E-state index in [2.05, 4.69) is 201 Å². The summed E-state index contributed by atoms with van der Waals surface area (Å²) >= 11 is 0. The summed E-state index contributed by atoms with van der Waals surface area (Å²) in [6.45, 7) is 0. The van der Waals surface area contributed by atoms with Crippen molar-refractivity contribution in [1.82, 2.24) is 14.5 Å². The maximum Gasteiger partial charge on any atom is 0.0894 e. The summed E-state index contributed by atoms with van der Waals surface area (Å²) in [6.07, 6.45) is 1.80. The summed E-state index contributed by atoms with van der Waals surface area (Å²) in [7, 11) is 0. The summed E-state index contributed by atoms with van der Waals surface area (Å²) in [4.78, 5) is 14.0. The number of aromatic nitrogens is 3. The van der Waals surface area contributed by atoms with E-state index in [1.54, 1.807) is 6.20 Å². The van der Waals surface area contributed by atoms with Crippen LogP contribution in [0, 0.1) is 0 Å². The molecule has 0 N–H and O–H groups in total. The number of anilines is 6. The van der Waals surface area contributed by atoms with Gasteiger partial charge in [-0.2, -0.15) is 0 Å². The van der Waals surface area contributed by atoms with E-state index >= 15 is 0 Å². The second kappa shape index (κ2) is 13.8. The molecule has 0 aliphatic rings. The number of hydrogen-bond acceptors (Lipinski definition) is 4. The lowest BCUT2D eigenvalue weighted by Crippen LogP contribution is -2.09. The van der Waals surface area contributed by atoms with Crippen molar-refractivity contribution in [2.75, 3.05) is 9.80 Å². The Bertz CT molecular complexity index is 2690. The zero-order valence-electron chi connectivity index (χ0n) is 29.9. The number of hydrogen-bond donors (Lipinski definition) is 0. The van der Waals surface area contributed by atoms with Gasteiger partial charge in [0, 0.05) is 62.3 Å². The van der Waals surface area contributed by atoms with Crippen LogP contribution in [0.2, 0.25) is 0 Å². The first-order chi connectivity index (χ1) is 27.3. The van der Waals surface area contributed by atoms with Gasteiger partial charge in [-0.25, -0.2) is 4.98 Å². The summed E-state index contributed by atoms with van der Waals surface area (Å²) in [5.74, 6) is 0. The van der Waals surface area contributed by atoms with Crippen LogP contribution in [0.5, 0.6) is 0 Å². The van der Waals surface area contributed by atoms with Crippen LogP contribution in [0.3, 0.4) is 0 Å². The minimum absolute atomic E-state index is 0.887. The standard InChI is InChI=1S/C50H35N5/c1-5-14-37(15-6-1)53(38-16-7-2-8-17-38)42-27-31-49-44(34-42)45-35-43(54(39-18-9-3-10-19-39)40-20-11-4-12-21-40)28-32-50(45)55(49)41-25-23-36(24-26-41)46-29-30-47-48(52-46)22-13-33-51-47/h1-35H. The Morgan fingerprint density at radius 1 is 0.364 bits per heavy atom. The first-order valence-electron chi connectivity index (χ1n) is 18.5. The molecule has 0 aliphatic carbocycles. The Hall–Kier alpha value is -7.50. The van der Waals surface area contributed by atoms with Crippen molar-refractivity contribution in [2.45, 2.75) is 0 Å². The molecule has 0 fully saturated rings. The summed E-state index contributed by atoms with van der Waals surface area (Å²) < 4.78 is 2.38. The van der Waals surface area contributed by atoms with Crippen LogP contribution in [0.1, 0.15) is 0 Å². The van der Waals surface area contributed by atoms with Crippen LogP contribution in [-0.2, 0) is 0 Å². The molecule has 55 heavy (non-hydrogen) atoms. The van der Waals surface area contributed by atoms with Crippen molar-refractivity contribution in [3.63, 3.8) is 0 Å². The van der Waals surface area contributed by atoms with E-state index in [0.717, 1.165) is 73.1 Å². The fourth-order valence-electron chi connectivity index (χ4n) is 7.66. The molecule has 0 amide bonds. The lowest BCUT2D eigenvalue weighted by atomic mass is 10.1. The smallest absolute Gasteiger partial charge is 0.0894 e. The molecule has 10 aromatic rings. The van der Waals surface area contributed by atoms with Gasteiger partial charge in [0.05, 0.1) is 27.8 Å². The normalized spacial score (nSPS) is 11.3. The Kier molecular flexibility index (Phi) is 8.08. The number of para-hydroxylation sites is 4. The van der Waals surface area contributed by atoms with Crippen LogP contribution < -0.4 is 9.80 Å². The van der Waals surface area contributed by atoms with E-state index in [9.17, 15) is 0 Å². The Labute approximate surface area is 319 Å². The number of pyridine rings is 2. The zero-order chi connectivity index (χ0) is 36.6. The quantitative estimate of drug-likeness (QED) is 0.158. The van der Waals surface area contributed by atoms with E-state index < -0.39 is 0 Å². The first kappa shape index (κ1) is 32.2. The van der Waals surface area contributed by atoms with E-state index in [1.165, 1.54) is 10.8 Å². The van der Waals surface area contributed by atoms with Gasteiger partial charge in [-0.1, -0.05) is 84.9 Å². The van der Waals surface area contributed by atoms with Crippen molar-refractivity contribution in [3.05, 3.63) is 212 Å². The third-order valence-electron chi connectivity index (χ3n) is 10.2. The van der Waals surface area contributed by atoms with Crippen molar-refractivity contribution < 1.29 is 0 Å². The SMILES string of the molecule is c1ccc(N(c2ccccc2)c2ccc3c(c2)c2cc(N(c4ccccc4)c4ccccc4)ccc2n3-c2ccc(-c3ccc4ncccc4n3)cc2)cc1. The lowest BCUT2D eigenvalue weighted by Gasteiger charge is -2.26. The average molecular weight is 706 g/mol. The van der Waals surface area contributed by atoms with E-state index in [1.807, 2.05) is 24.3 Å². The summed E-state index contributed by atoms with van der Waals surface area (Å²) in [5.41, 5.74) is 13.7. The average Bonchev–Trinajstić information content (AvgIpc) is 3.58. The topological polar surface area (TPSA) is 37.2 Å². The molecule has 0 radical (unpaired) electrons. The van der Waals surface area contributed by atoms with Crippen LogP contribution in [-0.4, -0.2) is 14.5 Å². The molecule has 260 valence electrons. The van der Waals surface area contributed by atoms with Crippen molar-refractivity contribution in [1.29, 1.82) is 0 Å². The van der Waals surface area contributed by atoms with Gasteiger partial charge in [0.15, 0.2) is 0 Å². The Morgan fingerprint density at radius 3 is 1.31 bits per heavy atom. The van der Waals surface area contributed by atoms with Crippen molar-refractivity contribution in [2.24, 2.45) is 0 Å². The molecule has 0 unspecified atom stereocenters. The molecule has 5 nitrogen and oxygen atoms in total. The van der Waals surface area contributed by atoms with E-state index in [-0.39, 0.29) is 0 Å². The molecular formula is C50H35N5. The highest BCUT2D eigenvalue weighted by atomic mass is 15.1. The molecule has 3 heterocycles. The molecule has 0 saturated heterocycles.